The average molecular weight is 266 g/mol. The van der Waals surface area contributed by atoms with Crippen LogP contribution in [0.15, 0.2) is 0 Å². The molecule has 2 heterocycles. The second-order valence-electron chi connectivity index (χ2n) is 5.15. The summed E-state index contributed by atoms with van der Waals surface area (Å²) in [6.07, 6.45) is 2.30. The monoisotopic (exact) mass is 266 g/mol. The van der Waals surface area contributed by atoms with E-state index in [-0.39, 0.29) is 5.97 Å². The van der Waals surface area contributed by atoms with E-state index in [2.05, 4.69) is 22.1 Å². The molecule has 2 rings (SSSR count). The molecule has 6 heteroatoms. The standard InChI is InChI=1S/C13H22N4O2/c1-4-19-13(18)12-15-14-10(2)17(12)9-11-5-7-16(3)8-6-11/h11H,4-9H2,1-3H3. The third-order valence-corrected chi connectivity index (χ3v) is 3.67. The van der Waals surface area contributed by atoms with Gasteiger partial charge in [-0.3, -0.25) is 0 Å². The number of aryl methyl sites for hydroxylation is 1. The fourth-order valence-electron chi connectivity index (χ4n) is 2.45. The van der Waals surface area contributed by atoms with E-state index in [4.69, 9.17) is 4.74 Å². The lowest BCUT2D eigenvalue weighted by atomic mass is 9.97. The summed E-state index contributed by atoms with van der Waals surface area (Å²) in [6, 6.07) is 0. The van der Waals surface area contributed by atoms with Crippen LogP contribution >= 0.6 is 0 Å². The number of hydrogen-bond acceptors (Lipinski definition) is 5. The molecule has 0 aliphatic carbocycles. The van der Waals surface area contributed by atoms with Crippen LogP contribution in [-0.4, -0.2) is 52.4 Å². The zero-order chi connectivity index (χ0) is 13.8. The molecule has 0 unspecified atom stereocenters. The minimum atomic E-state index is -0.379. The first kappa shape index (κ1) is 14.0. The van der Waals surface area contributed by atoms with Crippen molar-refractivity contribution in [3.63, 3.8) is 0 Å². The molecule has 0 amide bonds. The fourth-order valence-corrected chi connectivity index (χ4v) is 2.45. The van der Waals surface area contributed by atoms with Crippen molar-refractivity contribution in [1.29, 1.82) is 0 Å². The molecule has 0 saturated carbocycles. The molecule has 1 aromatic heterocycles. The Morgan fingerprint density at radius 1 is 1.37 bits per heavy atom. The van der Waals surface area contributed by atoms with Crippen molar-refractivity contribution in [3.05, 3.63) is 11.6 Å². The molecule has 1 fully saturated rings. The highest BCUT2D eigenvalue weighted by atomic mass is 16.5. The summed E-state index contributed by atoms with van der Waals surface area (Å²) >= 11 is 0. The largest absolute Gasteiger partial charge is 0.460 e. The number of esters is 1. The summed E-state index contributed by atoms with van der Waals surface area (Å²) in [7, 11) is 2.14. The lowest BCUT2D eigenvalue weighted by molar-refractivity contribution is 0.0503. The summed E-state index contributed by atoms with van der Waals surface area (Å²) in [5.74, 6) is 1.32. The lowest BCUT2D eigenvalue weighted by Gasteiger charge is -2.29. The fraction of sp³-hybridized carbons (Fsp3) is 0.769. The molecule has 106 valence electrons. The van der Waals surface area contributed by atoms with Crippen LogP contribution in [0.3, 0.4) is 0 Å². The van der Waals surface area contributed by atoms with Crippen LogP contribution in [0.1, 0.15) is 36.2 Å². The Labute approximate surface area is 113 Å². The highest BCUT2D eigenvalue weighted by molar-refractivity contribution is 5.85. The van der Waals surface area contributed by atoms with Gasteiger partial charge in [0.2, 0.25) is 5.82 Å². The maximum Gasteiger partial charge on any atom is 0.376 e. The summed E-state index contributed by atoms with van der Waals surface area (Å²) in [5, 5.41) is 7.94. The molecule has 0 aromatic carbocycles. The number of carbonyl (C=O) groups is 1. The third kappa shape index (κ3) is 3.32. The molecular weight excluding hydrogens is 244 g/mol. The first-order valence-corrected chi connectivity index (χ1v) is 6.87. The highest BCUT2D eigenvalue weighted by Gasteiger charge is 2.23. The molecule has 0 spiro atoms. The number of likely N-dealkylation sites (tertiary alicyclic amines) is 1. The van der Waals surface area contributed by atoms with Crippen molar-refractivity contribution in [2.24, 2.45) is 5.92 Å². The second kappa shape index (κ2) is 6.14. The van der Waals surface area contributed by atoms with Gasteiger partial charge < -0.3 is 14.2 Å². The smallest absolute Gasteiger partial charge is 0.376 e. The second-order valence-corrected chi connectivity index (χ2v) is 5.15. The first-order chi connectivity index (χ1) is 9.11. The Bertz CT molecular complexity index is 436. The van der Waals surface area contributed by atoms with Crippen LogP contribution in [-0.2, 0) is 11.3 Å². The summed E-state index contributed by atoms with van der Waals surface area (Å²) in [6.45, 7) is 7.06. The normalized spacial score (nSPS) is 17.6. The van der Waals surface area contributed by atoms with E-state index < -0.39 is 0 Å². The van der Waals surface area contributed by atoms with Crippen LogP contribution in [0.4, 0.5) is 0 Å². The third-order valence-electron chi connectivity index (χ3n) is 3.67. The number of hydrogen-bond donors (Lipinski definition) is 0. The van der Waals surface area contributed by atoms with E-state index in [1.54, 1.807) is 6.92 Å². The first-order valence-electron chi connectivity index (χ1n) is 6.87. The topological polar surface area (TPSA) is 60.2 Å². The highest BCUT2D eigenvalue weighted by Crippen LogP contribution is 2.19. The van der Waals surface area contributed by atoms with Gasteiger partial charge >= 0.3 is 5.97 Å². The van der Waals surface area contributed by atoms with Gasteiger partial charge in [0.1, 0.15) is 5.82 Å². The number of rotatable bonds is 4. The Morgan fingerprint density at radius 2 is 2.05 bits per heavy atom. The van der Waals surface area contributed by atoms with Gasteiger partial charge in [-0.15, -0.1) is 10.2 Å². The number of ether oxygens (including phenoxy) is 1. The van der Waals surface area contributed by atoms with Crippen molar-refractivity contribution in [1.82, 2.24) is 19.7 Å². The molecule has 0 atom stereocenters. The van der Waals surface area contributed by atoms with Crippen LogP contribution < -0.4 is 0 Å². The van der Waals surface area contributed by atoms with Crippen LogP contribution in [0, 0.1) is 12.8 Å². The van der Waals surface area contributed by atoms with Gasteiger partial charge in [0.05, 0.1) is 6.61 Å². The van der Waals surface area contributed by atoms with Crippen LogP contribution in [0.5, 0.6) is 0 Å². The van der Waals surface area contributed by atoms with Gasteiger partial charge in [0.25, 0.3) is 0 Å². The Morgan fingerprint density at radius 3 is 2.68 bits per heavy atom. The predicted molar refractivity (Wildman–Crippen MR) is 70.9 cm³/mol. The predicted octanol–water partition coefficient (Wildman–Crippen LogP) is 1.11. The van der Waals surface area contributed by atoms with E-state index in [1.807, 2.05) is 11.5 Å². The molecule has 1 aliphatic heterocycles. The molecule has 0 radical (unpaired) electrons. The maximum absolute atomic E-state index is 11.8. The number of piperidine rings is 1. The van der Waals surface area contributed by atoms with E-state index in [0.29, 0.717) is 18.3 Å². The summed E-state index contributed by atoms with van der Waals surface area (Å²) in [5.41, 5.74) is 0. The molecule has 19 heavy (non-hydrogen) atoms. The van der Waals surface area contributed by atoms with Gasteiger partial charge in [-0.25, -0.2) is 4.79 Å². The zero-order valence-electron chi connectivity index (χ0n) is 11.9. The average Bonchev–Trinajstić information content (AvgIpc) is 2.74. The van der Waals surface area contributed by atoms with Gasteiger partial charge in [-0.05, 0) is 52.7 Å². The number of aromatic nitrogens is 3. The zero-order valence-corrected chi connectivity index (χ0v) is 11.9. The van der Waals surface area contributed by atoms with E-state index in [0.717, 1.165) is 38.3 Å². The van der Waals surface area contributed by atoms with Crippen molar-refractivity contribution in [2.75, 3.05) is 26.7 Å². The SMILES string of the molecule is CCOC(=O)c1nnc(C)n1CC1CCN(C)CC1. The number of nitrogens with zero attached hydrogens (tertiary/aromatic N) is 4. The van der Waals surface area contributed by atoms with Gasteiger partial charge in [0.15, 0.2) is 0 Å². The van der Waals surface area contributed by atoms with Crippen molar-refractivity contribution in [3.8, 4) is 0 Å². The van der Waals surface area contributed by atoms with Crippen molar-refractivity contribution < 1.29 is 9.53 Å². The lowest BCUT2D eigenvalue weighted by Crippen LogP contribution is -2.32. The van der Waals surface area contributed by atoms with Gasteiger partial charge in [0, 0.05) is 6.54 Å². The van der Waals surface area contributed by atoms with Gasteiger partial charge in [-0.2, -0.15) is 0 Å². The molecular formula is C13H22N4O2. The Kier molecular flexibility index (Phi) is 4.52. The summed E-state index contributed by atoms with van der Waals surface area (Å²) in [4.78, 5) is 14.2. The van der Waals surface area contributed by atoms with Crippen LogP contribution in [0.2, 0.25) is 0 Å². The van der Waals surface area contributed by atoms with Crippen molar-refractivity contribution in [2.45, 2.75) is 33.2 Å². The molecule has 6 nitrogen and oxygen atoms in total. The van der Waals surface area contributed by atoms with Gasteiger partial charge in [-0.1, -0.05) is 0 Å². The minimum Gasteiger partial charge on any atom is -0.460 e. The Hall–Kier alpha value is -1.43. The quantitative estimate of drug-likeness (QED) is 0.764. The van der Waals surface area contributed by atoms with E-state index in [1.165, 1.54) is 0 Å². The molecule has 0 N–H and O–H groups in total. The Balaban J connectivity index is 2.07. The molecule has 0 bridgehead atoms. The summed E-state index contributed by atoms with van der Waals surface area (Å²) < 4.78 is 6.91. The van der Waals surface area contributed by atoms with E-state index in [9.17, 15) is 4.79 Å². The number of carbonyl (C=O) groups excluding carboxylic acids is 1. The minimum absolute atomic E-state index is 0.332. The molecule has 1 saturated heterocycles. The van der Waals surface area contributed by atoms with E-state index >= 15 is 0 Å². The van der Waals surface area contributed by atoms with Crippen molar-refractivity contribution >= 4 is 5.97 Å². The van der Waals surface area contributed by atoms with Crippen LogP contribution in [0.25, 0.3) is 0 Å². The molecule has 1 aromatic rings. The molecule has 1 aliphatic rings. The maximum atomic E-state index is 11.8.